The molecule has 0 N–H and O–H groups in total. The number of hydrogen-bond acceptors (Lipinski definition) is 6. The Morgan fingerprint density at radius 1 is 0.368 bits per heavy atom. The van der Waals surface area contributed by atoms with Gasteiger partial charge in [-0.1, -0.05) is 0 Å². The molecule has 0 saturated heterocycles. The lowest BCUT2D eigenvalue weighted by atomic mass is 11.0. The molecule has 0 aliphatic rings. The summed E-state index contributed by atoms with van der Waals surface area (Å²) >= 11 is 0. The summed E-state index contributed by atoms with van der Waals surface area (Å²) in [5.41, 5.74) is 0. The van der Waals surface area contributed by atoms with Crippen LogP contribution in [0.3, 0.4) is 0 Å². The van der Waals surface area contributed by atoms with Gasteiger partial charge in [0, 0.05) is 41.5 Å². The highest BCUT2D eigenvalue weighted by atomic mass is 35.5. The van der Waals surface area contributed by atoms with Crippen molar-refractivity contribution in [2.75, 3.05) is 0 Å². The maximum Gasteiger partial charge on any atom is 0.0587 e. The third-order valence-electron chi connectivity index (χ3n) is 0. The normalized spacial score (nSPS) is 2.53. The van der Waals surface area contributed by atoms with Gasteiger partial charge in [-0.05, 0) is 0 Å². The Labute approximate surface area is 122 Å². The summed E-state index contributed by atoms with van der Waals surface area (Å²) in [6, 6.07) is 10.5. The summed E-state index contributed by atoms with van der Waals surface area (Å²) in [7, 11) is 0. The van der Waals surface area contributed by atoms with E-state index in [-0.39, 0.29) is 12.4 Å². The van der Waals surface area contributed by atoms with Crippen molar-refractivity contribution in [2.45, 2.75) is 41.5 Å². The molecule has 0 heterocycles. The molecule has 0 saturated carbocycles. The number of rotatable bonds is 0. The second kappa shape index (κ2) is 296. The zero-order valence-electron chi connectivity index (χ0n) is 12.1. The third-order valence-corrected chi connectivity index (χ3v) is 0. The van der Waals surface area contributed by atoms with E-state index in [2.05, 4.69) is 0 Å². The second-order valence-electron chi connectivity index (χ2n) is 1.34. The molecule has 0 spiro atoms. The number of nitriles is 6. The van der Waals surface area contributed by atoms with Crippen LogP contribution in [0, 0.1) is 68.0 Å². The summed E-state index contributed by atoms with van der Waals surface area (Å²) < 4.78 is 0. The van der Waals surface area contributed by atoms with E-state index in [4.69, 9.17) is 31.6 Å². The standard InChI is InChI=1S/6C2H3N.ClH/c6*1-2-3;/h6*1H3;1H. The summed E-state index contributed by atoms with van der Waals surface area (Å²) in [4.78, 5) is 0. The van der Waals surface area contributed by atoms with Crippen molar-refractivity contribution in [3.05, 3.63) is 0 Å². The van der Waals surface area contributed by atoms with Crippen molar-refractivity contribution in [3.8, 4) is 36.4 Å². The largest absolute Gasteiger partial charge is 0.199 e. The molecular formula is C12H19ClN6. The van der Waals surface area contributed by atoms with Gasteiger partial charge in [0.1, 0.15) is 0 Å². The molecule has 0 fully saturated rings. The first-order valence-corrected chi connectivity index (χ1v) is 4.34. The molecule has 6 nitrogen and oxygen atoms in total. The van der Waals surface area contributed by atoms with Crippen LogP contribution in [0.2, 0.25) is 0 Å². The highest BCUT2D eigenvalue weighted by Gasteiger charge is 1.19. The Balaban J connectivity index is -0.0000000180. The molecule has 0 aliphatic carbocycles. The van der Waals surface area contributed by atoms with Crippen molar-refractivity contribution >= 4 is 12.4 Å². The van der Waals surface area contributed by atoms with E-state index >= 15 is 0 Å². The Bertz CT molecular complexity index is 244. The van der Waals surface area contributed by atoms with Gasteiger partial charge in [-0.25, -0.2) is 0 Å². The topological polar surface area (TPSA) is 143 Å². The molecule has 7 heteroatoms. The predicted octanol–water partition coefficient (Wildman–Crippen LogP) is 3.60. The third kappa shape index (κ3) is 347. The van der Waals surface area contributed by atoms with Crippen LogP contribution in [0.4, 0.5) is 0 Å². The molecule has 0 aromatic carbocycles. The van der Waals surface area contributed by atoms with Crippen LogP contribution in [-0.2, 0) is 0 Å². The molecule has 0 radical (unpaired) electrons. The van der Waals surface area contributed by atoms with Gasteiger partial charge in [-0.3, -0.25) is 0 Å². The Morgan fingerprint density at radius 3 is 0.368 bits per heavy atom. The summed E-state index contributed by atoms with van der Waals surface area (Å²) in [6.07, 6.45) is 0. The lowest BCUT2D eigenvalue weighted by Crippen LogP contribution is -1.10. The maximum absolute atomic E-state index is 7.32. The summed E-state index contributed by atoms with van der Waals surface area (Å²) in [5, 5.41) is 43.9. The fraction of sp³-hybridized carbons (Fsp3) is 0.500. The number of halogens is 1. The van der Waals surface area contributed by atoms with Gasteiger partial charge in [-0.15, -0.1) is 12.4 Å². The van der Waals surface area contributed by atoms with Gasteiger partial charge in [0.05, 0.1) is 36.4 Å². The van der Waals surface area contributed by atoms with E-state index < -0.39 is 0 Å². The van der Waals surface area contributed by atoms with E-state index in [9.17, 15) is 0 Å². The van der Waals surface area contributed by atoms with Crippen molar-refractivity contribution in [2.24, 2.45) is 0 Å². The van der Waals surface area contributed by atoms with Gasteiger partial charge >= 0.3 is 0 Å². The van der Waals surface area contributed by atoms with Crippen LogP contribution in [-0.4, -0.2) is 0 Å². The minimum Gasteiger partial charge on any atom is -0.199 e. The van der Waals surface area contributed by atoms with Gasteiger partial charge < -0.3 is 0 Å². The molecule has 0 aromatic rings. The van der Waals surface area contributed by atoms with E-state index in [0.717, 1.165) is 0 Å². The highest BCUT2D eigenvalue weighted by Crippen LogP contribution is 1.23. The first kappa shape index (κ1) is 44.2. The van der Waals surface area contributed by atoms with Crippen molar-refractivity contribution in [1.29, 1.82) is 31.6 Å². The minimum atomic E-state index is 0. The molecule has 0 unspecified atom stereocenters. The Hall–Kier alpha value is -2.77. The highest BCUT2D eigenvalue weighted by molar-refractivity contribution is 5.85. The average Bonchev–Trinajstić information content (AvgIpc) is 2.23. The Morgan fingerprint density at radius 2 is 0.368 bits per heavy atom. The fourth-order valence-electron chi connectivity index (χ4n) is 0. The van der Waals surface area contributed by atoms with Crippen molar-refractivity contribution < 1.29 is 0 Å². The lowest BCUT2D eigenvalue weighted by Gasteiger charge is -1.15. The van der Waals surface area contributed by atoms with Crippen LogP contribution in [0.5, 0.6) is 0 Å². The van der Waals surface area contributed by atoms with Gasteiger partial charge in [0.25, 0.3) is 0 Å². The van der Waals surface area contributed by atoms with Crippen molar-refractivity contribution in [3.63, 3.8) is 0 Å². The molecular weight excluding hydrogens is 264 g/mol. The quantitative estimate of drug-likeness (QED) is 0.664. The van der Waals surface area contributed by atoms with E-state index in [1.54, 1.807) is 36.4 Å². The molecule has 0 aliphatic heterocycles. The van der Waals surface area contributed by atoms with E-state index in [1.165, 1.54) is 41.5 Å². The molecule has 0 amide bonds. The molecule has 0 aromatic heterocycles. The average molecular weight is 283 g/mol. The van der Waals surface area contributed by atoms with Crippen LogP contribution in [0.15, 0.2) is 0 Å². The van der Waals surface area contributed by atoms with E-state index in [0.29, 0.717) is 0 Å². The molecule has 19 heavy (non-hydrogen) atoms. The van der Waals surface area contributed by atoms with Crippen LogP contribution < -0.4 is 0 Å². The smallest absolute Gasteiger partial charge is 0.0587 e. The summed E-state index contributed by atoms with van der Waals surface area (Å²) in [5.74, 6) is 0. The SMILES string of the molecule is CC#N.CC#N.CC#N.CC#N.CC#N.CC#N.Cl. The van der Waals surface area contributed by atoms with E-state index in [1.807, 2.05) is 0 Å². The van der Waals surface area contributed by atoms with Gasteiger partial charge in [0.2, 0.25) is 0 Å². The van der Waals surface area contributed by atoms with Crippen LogP contribution in [0.25, 0.3) is 0 Å². The number of nitrogens with zero attached hydrogens (tertiary/aromatic N) is 6. The van der Waals surface area contributed by atoms with Crippen molar-refractivity contribution in [1.82, 2.24) is 0 Å². The predicted molar refractivity (Wildman–Crippen MR) is 75.0 cm³/mol. The zero-order valence-corrected chi connectivity index (χ0v) is 12.9. The zero-order chi connectivity index (χ0) is 16.2. The molecule has 0 atom stereocenters. The fourth-order valence-corrected chi connectivity index (χ4v) is 0. The number of hydrogen-bond donors (Lipinski definition) is 0. The van der Waals surface area contributed by atoms with Crippen LogP contribution >= 0.6 is 12.4 Å². The molecule has 0 rings (SSSR count). The Kier molecular flexibility index (Phi) is 687. The second-order valence-corrected chi connectivity index (χ2v) is 1.34. The maximum atomic E-state index is 7.32. The van der Waals surface area contributed by atoms with Gasteiger partial charge in [0.15, 0.2) is 0 Å². The molecule has 0 bridgehead atoms. The summed E-state index contributed by atoms with van der Waals surface area (Å²) in [6.45, 7) is 8.58. The van der Waals surface area contributed by atoms with Crippen LogP contribution in [0.1, 0.15) is 41.5 Å². The minimum absolute atomic E-state index is 0. The molecule has 104 valence electrons. The first-order chi connectivity index (χ1) is 8.49. The monoisotopic (exact) mass is 282 g/mol. The lowest BCUT2D eigenvalue weighted by molar-refractivity contribution is 1.49. The first-order valence-electron chi connectivity index (χ1n) is 4.34. The van der Waals surface area contributed by atoms with Gasteiger partial charge in [-0.2, -0.15) is 31.6 Å².